The Morgan fingerprint density at radius 3 is 2.93 bits per heavy atom. The largest absolute Gasteiger partial charge is 0.350 e. The molecule has 0 aliphatic carbocycles. The lowest BCUT2D eigenvalue weighted by Gasteiger charge is -2.25. The van der Waals surface area contributed by atoms with E-state index in [1.807, 2.05) is 0 Å². The van der Waals surface area contributed by atoms with Crippen LogP contribution in [0.25, 0.3) is 0 Å². The minimum Gasteiger partial charge on any atom is -0.350 e. The molecule has 1 saturated heterocycles. The molecular weight excluding hydrogens is 218 g/mol. The summed E-state index contributed by atoms with van der Waals surface area (Å²) in [7, 11) is 0. The first kappa shape index (κ1) is 10.2. The molecule has 0 saturated carbocycles. The quantitative estimate of drug-likeness (QED) is 0.784. The SMILES string of the molecule is CCC1C(C)CCN1c1nsnc1Cl. The fraction of sp³-hybridized carbons (Fsp3) is 0.778. The number of nitrogens with zero attached hydrogens (tertiary/aromatic N) is 3. The van der Waals surface area contributed by atoms with Crippen LogP contribution in [-0.2, 0) is 0 Å². The molecule has 1 aromatic rings. The van der Waals surface area contributed by atoms with Crippen molar-refractivity contribution in [2.45, 2.75) is 32.7 Å². The van der Waals surface area contributed by atoms with Crippen LogP contribution in [0.2, 0.25) is 5.15 Å². The third-order valence-corrected chi connectivity index (χ3v) is 3.88. The third-order valence-electron chi connectivity index (χ3n) is 3.01. The first-order valence-corrected chi connectivity index (χ1v) is 6.09. The fourth-order valence-corrected chi connectivity index (χ4v) is 2.99. The monoisotopic (exact) mass is 231 g/mol. The van der Waals surface area contributed by atoms with Crippen LogP contribution < -0.4 is 4.90 Å². The van der Waals surface area contributed by atoms with E-state index in [1.165, 1.54) is 18.1 Å². The summed E-state index contributed by atoms with van der Waals surface area (Å²) < 4.78 is 8.26. The molecule has 1 aromatic heterocycles. The second kappa shape index (κ2) is 4.03. The summed E-state index contributed by atoms with van der Waals surface area (Å²) >= 11 is 7.18. The maximum atomic E-state index is 5.98. The zero-order valence-electron chi connectivity index (χ0n) is 8.40. The molecule has 0 aromatic carbocycles. The molecule has 1 aliphatic heterocycles. The lowest BCUT2D eigenvalue weighted by molar-refractivity contribution is 0.498. The van der Waals surface area contributed by atoms with Gasteiger partial charge in [-0.2, -0.15) is 8.75 Å². The van der Waals surface area contributed by atoms with Crippen molar-refractivity contribution in [3.8, 4) is 0 Å². The topological polar surface area (TPSA) is 29.0 Å². The summed E-state index contributed by atoms with van der Waals surface area (Å²) in [5.41, 5.74) is 0. The predicted octanol–water partition coefficient (Wildman–Crippen LogP) is 2.82. The van der Waals surface area contributed by atoms with Crippen LogP contribution in [0, 0.1) is 5.92 Å². The van der Waals surface area contributed by atoms with Gasteiger partial charge < -0.3 is 4.90 Å². The predicted molar refractivity (Wildman–Crippen MR) is 60.1 cm³/mol. The van der Waals surface area contributed by atoms with E-state index in [9.17, 15) is 0 Å². The Kier molecular flexibility index (Phi) is 2.93. The zero-order chi connectivity index (χ0) is 10.1. The lowest BCUT2D eigenvalue weighted by atomic mass is 10.0. The van der Waals surface area contributed by atoms with Gasteiger partial charge in [0.05, 0.1) is 11.7 Å². The van der Waals surface area contributed by atoms with Crippen LogP contribution in [0.3, 0.4) is 0 Å². The third kappa shape index (κ3) is 1.61. The summed E-state index contributed by atoms with van der Waals surface area (Å²) in [5.74, 6) is 1.62. The lowest BCUT2D eigenvalue weighted by Crippen LogP contribution is -2.31. The Morgan fingerprint density at radius 1 is 1.57 bits per heavy atom. The van der Waals surface area contributed by atoms with Gasteiger partial charge in [-0.15, -0.1) is 0 Å². The Balaban J connectivity index is 2.23. The maximum Gasteiger partial charge on any atom is 0.187 e. The molecule has 2 rings (SSSR count). The first-order valence-electron chi connectivity index (χ1n) is 4.98. The molecule has 14 heavy (non-hydrogen) atoms. The van der Waals surface area contributed by atoms with Crippen LogP contribution in [0.1, 0.15) is 26.7 Å². The highest BCUT2D eigenvalue weighted by atomic mass is 35.5. The molecule has 1 aliphatic rings. The van der Waals surface area contributed by atoms with Crippen molar-refractivity contribution in [1.29, 1.82) is 0 Å². The summed E-state index contributed by atoms with van der Waals surface area (Å²) in [6.07, 6.45) is 2.38. The average Bonchev–Trinajstić information content (AvgIpc) is 2.71. The molecule has 0 bridgehead atoms. The minimum absolute atomic E-state index is 0.558. The van der Waals surface area contributed by atoms with E-state index in [0.29, 0.717) is 11.2 Å². The number of aromatic nitrogens is 2. The number of hydrogen-bond acceptors (Lipinski definition) is 4. The van der Waals surface area contributed by atoms with Crippen LogP contribution in [-0.4, -0.2) is 21.3 Å². The first-order chi connectivity index (χ1) is 6.74. The molecule has 3 nitrogen and oxygen atoms in total. The number of hydrogen-bond donors (Lipinski definition) is 0. The van der Waals surface area contributed by atoms with Crippen molar-refractivity contribution in [3.05, 3.63) is 5.15 Å². The number of halogens is 1. The Hall–Kier alpha value is -0.350. The maximum absolute atomic E-state index is 5.98. The van der Waals surface area contributed by atoms with Crippen molar-refractivity contribution in [1.82, 2.24) is 8.75 Å². The molecule has 78 valence electrons. The second-order valence-corrected chi connectivity index (χ2v) is 4.70. The van der Waals surface area contributed by atoms with Gasteiger partial charge in [-0.25, -0.2) is 0 Å². The van der Waals surface area contributed by atoms with E-state index >= 15 is 0 Å². The molecule has 2 unspecified atom stereocenters. The van der Waals surface area contributed by atoms with Gasteiger partial charge in [0.25, 0.3) is 0 Å². The second-order valence-electron chi connectivity index (χ2n) is 3.81. The molecule has 0 radical (unpaired) electrons. The van der Waals surface area contributed by atoms with Gasteiger partial charge in [-0.1, -0.05) is 25.4 Å². The molecule has 2 heterocycles. The van der Waals surface area contributed by atoms with Gasteiger partial charge in [-0.05, 0) is 18.8 Å². The van der Waals surface area contributed by atoms with Crippen LogP contribution in [0.15, 0.2) is 0 Å². The van der Waals surface area contributed by atoms with Crippen molar-refractivity contribution in [3.63, 3.8) is 0 Å². The fourth-order valence-electron chi connectivity index (χ4n) is 2.24. The average molecular weight is 232 g/mol. The van der Waals surface area contributed by atoms with E-state index < -0.39 is 0 Å². The molecule has 1 fully saturated rings. The van der Waals surface area contributed by atoms with E-state index in [2.05, 4.69) is 27.5 Å². The van der Waals surface area contributed by atoms with Gasteiger partial charge in [0, 0.05) is 12.6 Å². The molecule has 0 N–H and O–H groups in total. The highest BCUT2D eigenvalue weighted by Gasteiger charge is 2.32. The van der Waals surface area contributed by atoms with Gasteiger partial charge in [0.2, 0.25) is 0 Å². The van der Waals surface area contributed by atoms with Gasteiger partial charge in [0.15, 0.2) is 11.0 Å². The summed E-state index contributed by atoms with van der Waals surface area (Å²) in [4.78, 5) is 2.30. The van der Waals surface area contributed by atoms with E-state index in [1.54, 1.807) is 0 Å². The molecule has 0 spiro atoms. The molecule has 2 atom stereocenters. The van der Waals surface area contributed by atoms with E-state index in [0.717, 1.165) is 24.7 Å². The summed E-state index contributed by atoms with van der Waals surface area (Å²) in [6, 6.07) is 0.580. The number of rotatable bonds is 2. The number of anilines is 1. The van der Waals surface area contributed by atoms with Crippen molar-refractivity contribution >= 4 is 29.1 Å². The molecule has 5 heteroatoms. The van der Waals surface area contributed by atoms with E-state index in [-0.39, 0.29) is 0 Å². The van der Waals surface area contributed by atoms with Gasteiger partial charge >= 0.3 is 0 Å². The van der Waals surface area contributed by atoms with Crippen LogP contribution in [0.4, 0.5) is 5.82 Å². The smallest absolute Gasteiger partial charge is 0.187 e. The van der Waals surface area contributed by atoms with Gasteiger partial charge in [-0.3, -0.25) is 0 Å². The van der Waals surface area contributed by atoms with Crippen molar-refractivity contribution in [2.75, 3.05) is 11.4 Å². The van der Waals surface area contributed by atoms with Crippen molar-refractivity contribution < 1.29 is 0 Å². The molecular formula is C9H14ClN3S. The normalized spacial score (nSPS) is 27.2. The zero-order valence-corrected chi connectivity index (χ0v) is 9.98. The Morgan fingerprint density at radius 2 is 2.36 bits per heavy atom. The standard InChI is InChI=1S/C9H14ClN3S/c1-3-7-6(2)4-5-13(7)9-8(10)11-14-12-9/h6-7H,3-5H2,1-2H3. The van der Waals surface area contributed by atoms with Crippen LogP contribution >= 0.6 is 23.3 Å². The molecule has 0 amide bonds. The highest BCUT2D eigenvalue weighted by molar-refractivity contribution is 6.99. The highest BCUT2D eigenvalue weighted by Crippen LogP contribution is 2.33. The van der Waals surface area contributed by atoms with Crippen molar-refractivity contribution in [2.24, 2.45) is 5.92 Å². The van der Waals surface area contributed by atoms with Crippen LogP contribution in [0.5, 0.6) is 0 Å². The summed E-state index contributed by atoms with van der Waals surface area (Å²) in [6.45, 7) is 5.57. The van der Waals surface area contributed by atoms with Gasteiger partial charge in [0.1, 0.15) is 0 Å². The summed E-state index contributed by atoms with van der Waals surface area (Å²) in [5, 5.41) is 0.558. The minimum atomic E-state index is 0.558. The Labute approximate surface area is 93.4 Å². The Bertz CT molecular complexity index is 315. The van der Waals surface area contributed by atoms with E-state index in [4.69, 9.17) is 11.6 Å².